The van der Waals surface area contributed by atoms with Gasteiger partial charge in [-0.1, -0.05) is 30.3 Å². The Bertz CT molecular complexity index is 572. The molecule has 0 aromatic heterocycles. The van der Waals surface area contributed by atoms with Crippen LogP contribution in [-0.2, 0) is 6.54 Å². The van der Waals surface area contributed by atoms with Gasteiger partial charge in [-0.25, -0.2) is 4.79 Å². The molecule has 2 aromatic rings. The molecule has 0 spiro atoms. The third-order valence-corrected chi connectivity index (χ3v) is 3.19. The first-order valence-electron chi connectivity index (χ1n) is 5.79. The highest BCUT2D eigenvalue weighted by Gasteiger charge is 2.05. The molecule has 0 aliphatic carbocycles. The smallest absolute Gasteiger partial charge is 0.319 e. The van der Waals surface area contributed by atoms with E-state index in [9.17, 15) is 4.79 Å². The number of hydrogen-bond acceptors (Lipinski definition) is 2. The van der Waals surface area contributed by atoms with Crippen LogP contribution in [0.15, 0.2) is 53.0 Å². The van der Waals surface area contributed by atoms with Crippen LogP contribution in [0.3, 0.4) is 0 Å². The molecule has 0 bridgehead atoms. The standard InChI is InChI=1S/C14H14BrN3O/c15-12-8-11(16)6-7-13(12)18-14(19)17-9-10-4-2-1-3-5-10/h1-8H,9,16H2,(H2,17,18,19). The van der Waals surface area contributed by atoms with Crippen LogP contribution >= 0.6 is 15.9 Å². The molecule has 98 valence electrons. The molecule has 2 rings (SSSR count). The number of hydrogen-bond donors (Lipinski definition) is 3. The molecular weight excluding hydrogens is 306 g/mol. The second-order valence-corrected chi connectivity index (χ2v) is 4.89. The fourth-order valence-corrected chi connectivity index (χ4v) is 2.07. The molecule has 0 unspecified atom stereocenters. The fourth-order valence-electron chi connectivity index (χ4n) is 1.58. The van der Waals surface area contributed by atoms with Crippen molar-refractivity contribution in [3.8, 4) is 0 Å². The van der Waals surface area contributed by atoms with Crippen molar-refractivity contribution in [2.45, 2.75) is 6.54 Å². The van der Waals surface area contributed by atoms with Gasteiger partial charge in [0.2, 0.25) is 0 Å². The van der Waals surface area contributed by atoms with Crippen LogP contribution in [0.1, 0.15) is 5.56 Å². The molecule has 0 aliphatic heterocycles. The van der Waals surface area contributed by atoms with Gasteiger partial charge in [-0.05, 0) is 39.7 Å². The van der Waals surface area contributed by atoms with Crippen LogP contribution < -0.4 is 16.4 Å². The average Bonchev–Trinajstić information content (AvgIpc) is 2.41. The molecule has 2 aromatic carbocycles. The lowest BCUT2D eigenvalue weighted by Crippen LogP contribution is -2.28. The molecule has 0 radical (unpaired) electrons. The maximum atomic E-state index is 11.7. The number of urea groups is 1. The van der Waals surface area contributed by atoms with Gasteiger partial charge in [-0.3, -0.25) is 0 Å². The molecule has 0 heterocycles. The SMILES string of the molecule is Nc1ccc(NC(=O)NCc2ccccc2)c(Br)c1. The quantitative estimate of drug-likeness (QED) is 0.759. The maximum absolute atomic E-state index is 11.7. The number of nitrogens with two attached hydrogens (primary N) is 1. The Balaban J connectivity index is 1.91. The van der Waals surface area contributed by atoms with Gasteiger partial charge in [0.05, 0.1) is 5.69 Å². The molecule has 5 heteroatoms. The predicted molar refractivity (Wildman–Crippen MR) is 80.9 cm³/mol. The molecule has 0 aliphatic rings. The highest BCUT2D eigenvalue weighted by atomic mass is 79.9. The zero-order valence-electron chi connectivity index (χ0n) is 10.2. The predicted octanol–water partition coefficient (Wildman–Crippen LogP) is 3.35. The first-order chi connectivity index (χ1) is 9.15. The van der Waals surface area contributed by atoms with Crippen LogP contribution in [0, 0.1) is 0 Å². The maximum Gasteiger partial charge on any atom is 0.319 e. The molecule has 0 saturated heterocycles. The highest BCUT2D eigenvalue weighted by molar-refractivity contribution is 9.10. The Morgan fingerprint density at radius 2 is 1.89 bits per heavy atom. The van der Waals surface area contributed by atoms with Gasteiger partial charge in [0.15, 0.2) is 0 Å². The van der Waals surface area contributed by atoms with E-state index in [0.717, 1.165) is 10.0 Å². The number of benzene rings is 2. The second-order valence-electron chi connectivity index (χ2n) is 4.03. The van der Waals surface area contributed by atoms with Gasteiger partial charge in [0.25, 0.3) is 0 Å². The van der Waals surface area contributed by atoms with Gasteiger partial charge < -0.3 is 16.4 Å². The van der Waals surface area contributed by atoms with Gasteiger partial charge in [0, 0.05) is 16.7 Å². The number of nitrogens with one attached hydrogen (secondary N) is 2. The Morgan fingerprint density at radius 1 is 1.16 bits per heavy atom. The molecule has 0 saturated carbocycles. The molecular formula is C14H14BrN3O. The summed E-state index contributed by atoms with van der Waals surface area (Å²) in [4.78, 5) is 11.7. The number of carbonyl (C=O) groups excluding carboxylic acids is 1. The summed E-state index contributed by atoms with van der Waals surface area (Å²) in [6.45, 7) is 0.485. The fraction of sp³-hybridized carbons (Fsp3) is 0.0714. The third-order valence-electron chi connectivity index (χ3n) is 2.54. The lowest BCUT2D eigenvalue weighted by Gasteiger charge is -2.09. The number of rotatable bonds is 3. The van der Waals surface area contributed by atoms with E-state index in [1.165, 1.54) is 0 Å². The van der Waals surface area contributed by atoms with Crippen LogP contribution in [0.2, 0.25) is 0 Å². The summed E-state index contributed by atoms with van der Waals surface area (Å²) in [5, 5.41) is 5.54. The van der Waals surface area contributed by atoms with Crippen LogP contribution in [-0.4, -0.2) is 6.03 Å². The van der Waals surface area contributed by atoms with Gasteiger partial charge in [-0.2, -0.15) is 0 Å². The van der Waals surface area contributed by atoms with E-state index >= 15 is 0 Å². The second kappa shape index (κ2) is 6.24. The third kappa shape index (κ3) is 3.99. The summed E-state index contributed by atoms with van der Waals surface area (Å²) < 4.78 is 0.752. The molecule has 0 fully saturated rings. The van der Waals surface area contributed by atoms with Crippen molar-refractivity contribution in [2.24, 2.45) is 0 Å². The number of carbonyl (C=O) groups is 1. The molecule has 0 atom stereocenters. The Kier molecular flexibility index (Phi) is 4.41. The van der Waals surface area contributed by atoms with E-state index in [1.54, 1.807) is 18.2 Å². The summed E-state index contributed by atoms with van der Waals surface area (Å²) in [5.74, 6) is 0. The summed E-state index contributed by atoms with van der Waals surface area (Å²) in [6, 6.07) is 14.7. The van der Waals surface area contributed by atoms with Crippen molar-refractivity contribution >= 4 is 33.3 Å². The van der Waals surface area contributed by atoms with Crippen molar-refractivity contribution in [1.82, 2.24) is 5.32 Å². The van der Waals surface area contributed by atoms with Crippen molar-refractivity contribution in [1.29, 1.82) is 0 Å². The van der Waals surface area contributed by atoms with Crippen molar-refractivity contribution in [3.63, 3.8) is 0 Å². The topological polar surface area (TPSA) is 67.1 Å². The normalized spacial score (nSPS) is 9.95. The average molecular weight is 320 g/mol. The summed E-state index contributed by atoms with van der Waals surface area (Å²) in [6.07, 6.45) is 0. The minimum Gasteiger partial charge on any atom is -0.399 e. The molecule has 2 amide bonds. The zero-order chi connectivity index (χ0) is 13.7. The lowest BCUT2D eigenvalue weighted by molar-refractivity contribution is 0.251. The van der Waals surface area contributed by atoms with Crippen molar-refractivity contribution in [3.05, 3.63) is 58.6 Å². The van der Waals surface area contributed by atoms with Gasteiger partial charge in [0.1, 0.15) is 0 Å². The minimum absolute atomic E-state index is 0.255. The zero-order valence-corrected chi connectivity index (χ0v) is 11.8. The highest BCUT2D eigenvalue weighted by Crippen LogP contribution is 2.24. The summed E-state index contributed by atoms with van der Waals surface area (Å²) in [5.41, 5.74) is 8.01. The summed E-state index contributed by atoms with van der Waals surface area (Å²) >= 11 is 3.35. The summed E-state index contributed by atoms with van der Waals surface area (Å²) in [7, 11) is 0. The number of nitrogen functional groups attached to an aromatic ring is 1. The van der Waals surface area contributed by atoms with Crippen molar-refractivity contribution < 1.29 is 4.79 Å². The van der Waals surface area contributed by atoms with Gasteiger partial charge in [-0.15, -0.1) is 0 Å². The van der Waals surface area contributed by atoms with E-state index in [2.05, 4.69) is 26.6 Å². The molecule has 4 N–H and O–H groups in total. The number of anilines is 2. The van der Waals surface area contributed by atoms with Crippen molar-refractivity contribution in [2.75, 3.05) is 11.1 Å². The van der Waals surface area contributed by atoms with Crippen LogP contribution in [0.25, 0.3) is 0 Å². The largest absolute Gasteiger partial charge is 0.399 e. The van der Waals surface area contributed by atoms with E-state index in [0.29, 0.717) is 17.9 Å². The first-order valence-corrected chi connectivity index (χ1v) is 6.58. The Morgan fingerprint density at radius 3 is 2.58 bits per heavy atom. The van der Waals surface area contributed by atoms with E-state index in [1.807, 2.05) is 30.3 Å². The van der Waals surface area contributed by atoms with Gasteiger partial charge >= 0.3 is 6.03 Å². The van der Waals surface area contributed by atoms with E-state index in [4.69, 9.17) is 5.73 Å². The molecule has 4 nitrogen and oxygen atoms in total. The number of amides is 2. The Hall–Kier alpha value is -2.01. The number of halogens is 1. The van der Waals surface area contributed by atoms with E-state index < -0.39 is 0 Å². The molecule has 19 heavy (non-hydrogen) atoms. The Labute approximate surface area is 120 Å². The lowest BCUT2D eigenvalue weighted by atomic mass is 10.2. The van der Waals surface area contributed by atoms with Crippen LogP contribution in [0.5, 0.6) is 0 Å². The van der Waals surface area contributed by atoms with E-state index in [-0.39, 0.29) is 6.03 Å². The minimum atomic E-state index is -0.255. The first kappa shape index (κ1) is 13.4. The monoisotopic (exact) mass is 319 g/mol. The van der Waals surface area contributed by atoms with Crippen LogP contribution in [0.4, 0.5) is 16.2 Å².